The van der Waals surface area contributed by atoms with Crippen LogP contribution in [0.4, 0.5) is 0 Å². The molecule has 3 heteroatoms. The molecule has 0 saturated heterocycles. The van der Waals surface area contributed by atoms with E-state index in [1.807, 2.05) is 24.3 Å². The second kappa shape index (κ2) is 10.5. The maximum absolute atomic E-state index is 6.92. The first-order valence-electron chi connectivity index (χ1n) is 16.6. The molecule has 0 fully saturated rings. The predicted octanol–water partition coefficient (Wildman–Crippen LogP) is 10.9. The van der Waals surface area contributed by atoms with Crippen molar-refractivity contribution in [1.29, 1.82) is 0 Å². The number of ether oxygens (including phenoxy) is 1. The number of hydrogen-bond acceptors (Lipinski definition) is 3. The minimum Gasteiger partial charge on any atom is -0.456 e. The maximum Gasteiger partial charge on any atom is 0.160 e. The van der Waals surface area contributed by atoms with Gasteiger partial charge in [-0.05, 0) is 28.8 Å². The number of allylic oxidation sites excluding steroid dienone is 4. The monoisotopic (exact) mass is 614 g/mol. The summed E-state index contributed by atoms with van der Waals surface area (Å²) in [4.78, 5) is 10.0. The number of benzene rings is 6. The highest BCUT2D eigenvalue weighted by molar-refractivity contribution is 5.94. The van der Waals surface area contributed by atoms with E-state index >= 15 is 0 Å². The van der Waals surface area contributed by atoms with Crippen LogP contribution in [-0.2, 0) is 5.41 Å². The largest absolute Gasteiger partial charge is 0.456 e. The molecule has 3 unspecified atom stereocenters. The van der Waals surface area contributed by atoms with Gasteiger partial charge in [-0.3, -0.25) is 0 Å². The Morgan fingerprint density at radius 2 is 1.23 bits per heavy atom. The van der Waals surface area contributed by atoms with Crippen molar-refractivity contribution in [1.82, 2.24) is 9.97 Å². The van der Waals surface area contributed by atoms with Gasteiger partial charge in [-0.25, -0.2) is 9.97 Å². The van der Waals surface area contributed by atoms with Gasteiger partial charge in [-0.1, -0.05) is 158 Å². The minimum absolute atomic E-state index is 0.242. The lowest BCUT2D eigenvalue weighted by molar-refractivity contribution is 0.375. The van der Waals surface area contributed by atoms with Crippen molar-refractivity contribution in [3.8, 4) is 45.3 Å². The number of nitrogens with zero attached hydrogens (tertiary/aromatic N) is 2. The van der Waals surface area contributed by atoms with Crippen molar-refractivity contribution in [2.45, 2.75) is 11.3 Å². The molecule has 7 aromatic rings. The topological polar surface area (TPSA) is 35.0 Å². The van der Waals surface area contributed by atoms with E-state index in [-0.39, 0.29) is 11.3 Å². The smallest absolute Gasteiger partial charge is 0.160 e. The van der Waals surface area contributed by atoms with Gasteiger partial charge in [0.15, 0.2) is 5.82 Å². The van der Waals surface area contributed by atoms with Crippen molar-refractivity contribution in [3.05, 3.63) is 192 Å². The molecule has 1 aromatic heterocycles. The van der Waals surface area contributed by atoms with Gasteiger partial charge in [-0.2, -0.15) is 0 Å². The highest BCUT2D eigenvalue weighted by atomic mass is 16.5. The number of para-hydroxylation sites is 3. The average molecular weight is 615 g/mol. The van der Waals surface area contributed by atoms with E-state index in [1.165, 1.54) is 22.3 Å². The van der Waals surface area contributed by atoms with Crippen molar-refractivity contribution in [3.63, 3.8) is 0 Å². The second-order valence-electron chi connectivity index (χ2n) is 12.9. The van der Waals surface area contributed by atoms with Crippen LogP contribution in [0.5, 0.6) is 11.5 Å². The Kier molecular flexibility index (Phi) is 5.91. The summed E-state index contributed by atoms with van der Waals surface area (Å²) in [7, 11) is 0. The molecule has 3 atom stereocenters. The predicted molar refractivity (Wildman–Crippen MR) is 193 cm³/mol. The third-order valence-corrected chi connectivity index (χ3v) is 10.4. The average Bonchev–Trinajstić information content (AvgIpc) is 3.45. The van der Waals surface area contributed by atoms with Crippen LogP contribution in [-0.4, -0.2) is 9.97 Å². The van der Waals surface area contributed by atoms with Crippen molar-refractivity contribution >= 4 is 10.9 Å². The van der Waals surface area contributed by atoms with Crippen LogP contribution in [0.15, 0.2) is 170 Å². The third-order valence-electron chi connectivity index (χ3n) is 10.4. The first-order chi connectivity index (χ1) is 23.8. The SMILES string of the molecule is C1=CC2c3ccccc3C3(c4ccccc4Oc4c(-c5ccc(-c6nc(-c7ccccc7)nc7ccccc67)cc5)cccc43)C2C=C1. The molecule has 226 valence electrons. The van der Waals surface area contributed by atoms with Gasteiger partial charge in [0.05, 0.1) is 16.6 Å². The Morgan fingerprint density at radius 1 is 0.521 bits per heavy atom. The van der Waals surface area contributed by atoms with Gasteiger partial charge in [0.2, 0.25) is 0 Å². The Hall–Kier alpha value is -6.06. The van der Waals surface area contributed by atoms with Gasteiger partial charge in [0, 0.05) is 45.0 Å². The van der Waals surface area contributed by atoms with Crippen LogP contribution >= 0.6 is 0 Å². The van der Waals surface area contributed by atoms with E-state index < -0.39 is 0 Å². The molecule has 0 amide bonds. The van der Waals surface area contributed by atoms with Crippen LogP contribution in [0.3, 0.4) is 0 Å². The fraction of sp³-hybridized carbons (Fsp3) is 0.0667. The molecule has 1 spiro atoms. The Morgan fingerprint density at radius 3 is 2.12 bits per heavy atom. The summed E-state index contributed by atoms with van der Waals surface area (Å²) in [6, 6.07) is 51.5. The quantitative estimate of drug-likeness (QED) is 0.199. The number of fused-ring (bicyclic) bond motifs is 10. The minimum atomic E-state index is -0.365. The zero-order valence-electron chi connectivity index (χ0n) is 26.1. The van der Waals surface area contributed by atoms with E-state index in [2.05, 4.69) is 146 Å². The molecule has 0 bridgehead atoms. The van der Waals surface area contributed by atoms with Crippen molar-refractivity contribution in [2.75, 3.05) is 0 Å². The molecule has 1 aliphatic heterocycles. The highest BCUT2D eigenvalue weighted by Crippen LogP contribution is 2.65. The molecule has 0 N–H and O–H groups in total. The van der Waals surface area contributed by atoms with Gasteiger partial charge in [0.25, 0.3) is 0 Å². The zero-order chi connectivity index (χ0) is 31.7. The lowest BCUT2D eigenvalue weighted by Gasteiger charge is -2.43. The first kappa shape index (κ1) is 27.1. The van der Waals surface area contributed by atoms with E-state index in [4.69, 9.17) is 14.7 Å². The Labute approximate surface area is 279 Å². The Bertz CT molecular complexity index is 2440. The fourth-order valence-electron chi connectivity index (χ4n) is 8.44. The number of hydrogen-bond donors (Lipinski definition) is 0. The molecule has 0 radical (unpaired) electrons. The lowest BCUT2D eigenvalue weighted by atomic mass is 9.61. The first-order valence-corrected chi connectivity index (χ1v) is 16.6. The normalized spacial score (nSPS) is 19.8. The van der Waals surface area contributed by atoms with Crippen LogP contribution in [0.25, 0.3) is 44.7 Å². The molecular weight excluding hydrogens is 585 g/mol. The summed E-state index contributed by atoms with van der Waals surface area (Å²) >= 11 is 0. The van der Waals surface area contributed by atoms with Crippen LogP contribution < -0.4 is 4.74 Å². The molecule has 48 heavy (non-hydrogen) atoms. The fourth-order valence-corrected chi connectivity index (χ4v) is 8.44. The molecule has 3 aliphatic rings. The highest BCUT2D eigenvalue weighted by Gasteiger charge is 2.56. The van der Waals surface area contributed by atoms with Gasteiger partial charge >= 0.3 is 0 Å². The number of aromatic nitrogens is 2. The number of rotatable bonds is 3. The summed E-state index contributed by atoms with van der Waals surface area (Å²) in [6.07, 6.45) is 9.20. The molecular formula is C45H30N2O. The van der Waals surface area contributed by atoms with Gasteiger partial charge in [0.1, 0.15) is 11.5 Å². The van der Waals surface area contributed by atoms with Crippen LogP contribution in [0.1, 0.15) is 28.2 Å². The van der Waals surface area contributed by atoms with Gasteiger partial charge < -0.3 is 4.74 Å². The van der Waals surface area contributed by atoms with Crippen molar-refractivity contribution < 1.29 is 4.74 Å². The van der Waals surface area contributed by atoms with Crippen LogP contribution in [0, 0.1) is 5.92 Å². The Balaban J connectivity index is 1.14. The molecule has 10 rings (SSSR count). The summed E-state index contributed by atoms with van der Waals surface area (Å²) in [5, 5.41) is 1.04. The summed E-state index contributed by atoms with van der Waals surface area (Å²) in [6.45, 7) is 0. The summed E-state index contributed by atoms with van der Waals surface area (Å²) in [5.41, 5.74) is 10.9. The van der Waals surface area contributed by atoms with Crippen molar-refractivity contribution in [2.24, 2.45) is 5.92 Å². The standard InChI is InChI=1S/C45H30N2O/c1-2-13-31(14-3-1)44-46-40-23-10-6-17-35(40)42(47-44)30-27-25-29(26-28-30)32-18-12-22-39-43(32)48-41-24-11-9-21-38(41)45(39)36-19-7-4-15-33(36)34-16-5-8-20-37(34)45/h1-28,33,36H. The van der Waals surface area contributed by atoms with E-state index in [0.717, 1.165) is 56.2 Å². The molecule has 2 aliphatic carbocycles. The third kappa shape index (κ3) is 3.82. The molecule has 6 aromatic carbocycles. The summed E-state index contributed by atoms with van der Waals surface area (Å²) in [5.74, 6) is 3.13. The van der Waals surface area contributed by atoms with E-state index in [0.29, 0.717) is 5.92 Å². The molecule has 0 saturated carbocycles. The molecule has 3 nitrogen and oxygen atoms in total. The second-order valence-corrected chi connectivity index (χ2v) is 12.9. The summed E-state index contributed by atoms with van der Waals surface area (Å²) < 4.78 is 6.92. The van der Waals surface area contributed by atoms with Gasteiger partial charge in [-0.15, -0.1) is 0 Å². The van der Waals surface area contributed by atoms with E-state index in [9.17, 15) is 0 Å². The molecule has 2 heterocycles. The van der Waals surface area contributed by atoms with Crippen LogP contribution in [0.2, 0.25) is 0 Å². The lowest BCUT2D eigenvalue weighted by Crippen LogP contribution is -2.37. The zero-order valence-corrected chi connectivity index (χ0v) is 26.1. The van der Waals surface area contributed by atoms with E-state index in [1.54, 1.807) is 0 Å². The maximum atomic E-state index is 6.92.